The van der Waals surface area contributed by atoms with Gasteiger partial charge in [0.15, 0.2) is 4.90 Å². The van der Waals surface area contributed by atoms with Crippen LogP contribution in [0.4, 0.5) is 8.78 Å². The van der Waals surface area contributed by atoms with Crippen molar-refractivity contribution in [1.29, 1.82) is 0 Å². The predicted molar refractivity (Wildman–Crippen MR) is 105 cm³/mol. The molecule has 0 aromatic heterocycles. The molecule has 0 aliphatic carbocycles. The SMILES string of the molecule is Cc1ccc(-c2ccc(-c3cc(F)c(S(N)(=O)=O)c(F)c3)cc2S)cc1C. The van der Waals surface area contributed by atoms with Crippen LogP contribution in [0.2, 0.25) is 0 Å². The molecule has 0 spiro atoms. The van der Waals surface area contributed by atoms with Crippen LogP contribution in [0.15, 0.2) is 58.3 Å². The van der Waals surface area contributed by atoms with Gasteiger partial charge in [0.25, 0.3) is 0 Å². The van der Waals surface area contributed by atoms with Crippen LogP contribution in [0.25, 0.3) is 22.3 Å². The van der Waals surface area contributed by atoms with E-state index in [0.717, 1.165) is 28.8 Å². The molecular formula is C20H17F2NO2S2. The van der Waals surface area contributed by atoms with Gasteiger partial charge < -0.3 is 0 Å². The molecule has 0 bridgehead atoms. The lowest BCUT2D eigenvalue weighted by Gasteiger charge is -2.11. The summed E-state index contributed by atoms with van der Waals surface area (Å²) in [4.78, 5) is -0.504. The highest BCUT2D eigenvalue weighted by molar-refractivity contribution is 7.89. The Balaban J connectivity index is 2.07. The zero-order valence-corrected chi connectivity index (χ0v) is 16.3. The summed E-state index contributed by atoms with van der Waals surface area (Å²) in [5, 5.41) is 4.86. The second-order valence-electron chi connectivity index (χ2n) is 6.34. The highest BCUT2D eigenvalue weighted by Gasteiger charge is 2.21. The summed E-state index contributed by atoms with van der Waals surface area (Å²) in [5.74, 6) is -2.46. The fraction of sp³-hybridized carbons (Fsp3) is 0.100. The number of nitrogens with two attached hydrogens (primary N) is 1. The van der Waals surface area contributed by atoms with E-state index < -0.39 is 26.6 Å². The molecule has 0 aliphatic heterocycles. The molecule has 3 aromatic carbocycles. The third-order valence-electron chi connectivity index (χ3n) is 4.43. The molecule has 0 saturated heterocycles. The highest BCUT2D eigenvalue weighted by Crippen LogP contribution is 2.33. The van der Waals surface area contributed by atoms with Crippen molar-refractivity contribution < 1.29 is 17.2 Å². The first-order chi connectivity index (χ1) is 12.6. The Labute approximate surface area is 162 Å². The van der Waals surface area contributed by atoms with Gasteiger partial charge in [-0.1, -0.05) is 30.3 Å². The Bertz CT molecular complexity index is 1140. The van der Waals surface area contributed by atoms with Crippen molar-refractivity contribution >= 4 is 22.7 Å². The van der Waals surface area contributed by atoms with Crippen LogP contribution in [0.5, 0.6) is 0 Å². The van der Waals surface area contributed by atoms with E-state index in [1.165, 1.54) is 5.56 Å². The first kappa shape index (κ1) is 19.5. The second-order valence-corrected chi connectivity index (χ2v) is 8.33. The Hall–Kier alpha value is -2.22. The minimum absolute atomic E-state index is 0.194. The maximum Gasteiger partial charge on any atom is 0.243 e. The van der Waals surface area contributed by atoms with Gasteiger partial charge in [-0.05, 0) is 65.4 Å². The molecule has 0 saturated carbocycles. The summed E-state index contributed by atoms with van der Waals surface area (Å²) in [5.41, 5.74) is 4.89. The number of primary sulfonamides is 1. The molecule has 3 rings (SSSR count). The monoisotopic (exact) mass is 405 g/mol. The number of benzene rings is 3. The van der Waals surface area contributed by atoms with Gasteiger partial charge in [-0.25, -0.2) is 22.3 Å². The first-order valence-electron chi connectivity index (χ1n) is 8.01. The largest absolute Gasteiger partial charge is 0.243 e. The summed E-state index contributed by atoms with van der Waals surface area (Å²) in [7, 11) is -4.49. The summed E-state index contributed by atoms with van der Waals surface area (Å²) in [6.07, 6.45) is 0. The van der Waals surface area contributed by atoms with Crippen molar-refractivity contribution in [3.63, 3.8) is 0 Å². The number of halogens is 2. The lowest BCUT2D eigenvalue weighted by Crippen LogP contribution is -2.16. The zero-order valence-electron chi connectivity index (χ0n) is 14.6. The van der Waals surface area contributed by atoms with Crippen LogP contribution in [-0.4, -0.2) is 8.42 Å². The average molecular weight is 405 g/mol. The van der Waals surface area contributed by atoms with Gasteiger partial charge in [0.2, 0.25) is 10.0 Å². The van der Waals surface area contributed by atoms with Crippen LogP contribution in [-0.2, 0) is 10.0 Å². The normalized spacial score (nSPS) is 11.6. The van der Waals surface area contributed by atoms with E-state index in [9.17, 15) is 17.2 Å². The van der Waals surface area contributed by atoms with E-state index in [1.807, 2.05) is 38.1 Å². The number of rotatable bonds is 3. The lowest BCUT2D eigenvalue weighted by atomic mass is 9.97. The van der Waals surface area contributed by atoms with Crippen molar-refractivity contribution in [2.24, 2.45) is 5.14 Å². The third kappa shape index (κ3) is 3.90. The summed E-state index contributed by atoms with van der Waals surface area (Å²) < 4.78 is 50.8. The Kier molecular flexibility index (Phi) is 5.12. The summed E-state index contributed by atoms with van der Waals surface area (Å²) in [6, 6.07) is 13.1. The molecule has 0 fully saturated rings. The van der Waals surface area contributed by atoms with Crippen LogP contribution in [0.1, 0.15) is 11.1 Å². The molecule has 0 aliphatic rings. The van der Waals surface area contributed by atoms with Gasteiger partial charge in [-0.15, -0.1) is 12.6 Å². The van der Waals surface area contributed by atoms with Gasteiger partial charge in [-0.3, -0.25) is 0 Å². The molecule has 0 radical (unpaired) electrons. The molecule has 27 heavy (non-hydrogen) atoms. The van der Waals surface area contributed by atoms with Gasteiger partial charge in [0, 0.05) is 4.90 Å². The van der Waals surface area contributed by atoms with E-state index in [1.54, 1.807) is 12.1 Å². The van der Waals surface area contributed by atoms with Crippen molar-refractivity contribution in [2.45, 2.75) is 23.6 Å². The molecule has 0 amide bonds. The van der Waals surface area contributed by atoms with Crippen molar-refractivity contribution in [3.05, 3.63) is 71.3 Å². The minimum Gasteiger partial charge on any atom is -0.224 e. The zero-order chi connectivity index (χ0) is 19.9. The Morgan fingerprint density at radius 3 is 1.93 bits per heavy atom. The summed E-state index contributed by atoms with van der Waals surface area (Å²) in [6.45, 7) is 4.04. The lowest BCUT2D eigenvalue weighted by molar-refractivity contribution is 0.520. The highest BCUT2D eigenvalue weighted by atomic mass is 32.2. The average Bonchev–Trinajstić information content (AvgIpc) is 2.55. The van der Waals surface area contributed by atoms with Crippen LogP contribution in [0, 0.1) is 25.5 Å². The predicted octanol–water partition coefficient (Wildman–Crippen LogP) is 4.85. The molecule has 3 aromatic rings. The number of aryl methyl sites for hydroxylation is 2. The van der Waals surface area contributed by atoms with Crippen molar-refractivity contribution in [1.82, 2.24) is 0 Å². The molecule has 7 heteroatoms. The van der Waals surface area contributed by atoms with E-state index in [4.69, 9.17) is 5.14 Å². The molecule has 140 valence electrons. The van der Waals surface area contributed by atoms with E-state index in [2.05, 4.69) is 12.6 Å². The smallest absolute Gasteiger partial charge is 0.224 e. The summed E-state index contributed by atoms with van der Waals surface area (Å²) >= 11 is 4.50. The van der Waals surface area contributed by atoms with Crippen LogP contribution in [0.3, 0.4) is 0 Å². The van der Waals surface area contributed by atoms with Gasteiger partial charge in [-0.2, -0.15) is 0 Å². The van der Waals surface area contributed by atoms with E-state index in [-0.39, 0.29) is 5.56 Å². The second kappa shape index (κ2) is 7.07. The van der Waals surface area contributed by atoms with Crippen LogP contribution < -0.4 is 5.14 Å². The van der Waals surface area contributed by atoms with E-state index in [0.29, 0.717) is 10.5 Å². The number of thiol groups is 1. The van der Waals surface area contributed by atoms with Crippen molar-refractivity contribution in [3.8, 4) is 22.3 Å². The molecular weight excluding hydrogens is 388 g/mol. The maximum absolute atomic E-state index is 14.1. The molecule has 0 unspecified atom stereocenters. The number of hydrogen-bond donors (Lipinski definition) is 2. The number of sulfonamides is 1. The van der Waals surface area contributed by atoms with Gasteiger partial charge >= 0.3 is 0 Å². The fourth-order valence-corrected chi connectivity index (χ4v) is 3.87. The van der Waals surface area contributed by atoms with Gasteiger partial charge in [0.05, 0.1) is 0 Å². The maximum atomic E-state index is 14.1. The molecule has 0 atom stereocenters. The topological polar surface area (TPSA) is 60.2 Å². The fourth-order valence-electron chi connectivity index (χ4n) is 2.86. The molecule has 0 heterocycles. The third-order valence-corrected chi connectivity index (χ3v) is 5.76. The Morgan fingerprint density at radius 2 is 1.41 bits per heavy atom. The first-order valence-corrected chi connectivity index (χ1v) is 10.00. The van der Waals surface area contributed by atoms with E-state index >= 15 is 0 Å². The minimum atomic E-state index is -4.49. The van der Waals surface area contributed by atoms with Crippen molar-refractivity contribution in [2.75, 3.05) is 0 Å². The molecule has 3 nitrogen and oxygen atoms in total. The molecule has 2 N–H and O–H groups in total. The standard InChI is InChI=1S/C20H17F2NO2S2/c1-11-3-4-14(7-12(11)2)16-6-5-13(10-19(16)26)15-8-17(21)20(18(22)9-15)27(23,24)25/h3-10,26H,1-2H3,(H2,23,24,25). The van der Waals surface area contributed by atoms with Crippen LogP contribution >= 0.6 is 12.6 Å². The number of hydrogen-bond acceptors (Lipinski definition) is 3. The Morgan fingerprint density at radius 1 is 0.815 bits per heavy atom. The quantitative estimate of drug-likeness (QED) is 0.612. The van der Waals surface area contributed by atoms with Gasteiger partial charge in [0.1, 0.15) is 11.6 Å².